The van der Waals surface area contributed by atoms with E-state index in [-0.39, 0.29) is 21.8 Å². The van der Waals surface area contributed by atoms with Crippen molar-refractivity contribution in [2.45, 2.75) is 69.7 Å². The summed E-state index contributed by atoms with van der Waals surface area (Å²) in [5.41, 5.74) is 5.48. The minimum atomic E-state index is -3.56. The first-order valence-corrected chi connectivity index (χ1v) is 15.5. The smallest absolute Gasteiger partial charge is 0.242 e. The predicted octanol–water partition coefficient (Wildman–Crippen LogP) is 6.19. The Kier molecular flexibility index (Phi) is 5.51. The van der Waals surface area contributed by atoms with Gasteiger partial charge in [-0.15, -0.1) is 0 Å². The molecule has 4 aliphatic carbocycles. The summed E-state index contributed by atoms with van der Waals surface area (Å²) in [7, 11) is -3.56. The van der Waals surface area contributed by atoms with Crippen molar-refractivity contribution >= 4 is 26.8 Å². The van der Waals surface area contributed by atoms with Crippen LogP contribution in [-0.4, -0.2) is 29.0 Å². The number of rotatable bonds is 4. The van der Waals surface area contributed by atoms with E-state index >= 15 is 0 Å². The Morgan fingerprint density at radius 3 is 2.66 bits per heavy atom. The lowest BCUT2D eigenvalue weighted by molar-refractivity contribution is -0.0131. The largest absolute Gasteiger partial charge is 0.302 e. The number of fused-ring (bicyclic) bond motifs is 6. The summed E-state index contributed by atoms with van der Waals surface area (Å²) in [5.74, 6) is 1.95. The van der Waals surface area contributed by atoms with Gasteiger partial charge < -0.3 is 4.57 Å². The number of nitrogens with one attached hydrogen (secondary N) is 1. The number of imidazole rings is 1. The molecule has 6 atom stereocenters. The minimum absolute atomic E-state index is 0.0563. The summed E-state index contributed by atoms with van der Waals surface area (Å²) in [6.07, 6.45) is 17.4. The Bertz CT molecular complexity index is 1560. The highest BCUT2D eigenvalue weighted by atomic mass is 32.2. The van der Waals surface area contributed by atoms with Crippen LogP contribution in [0.4, 0.5) is 0 Å². The van der Waals surface area contributed by atoms with Gasteiger partial charge in [0.15, 0.2) is 0 Å². The molecular weight excluding hydrogens is 492 g/mol. The number of aromatic nitrogens is 3. The number of allylic oxidation sites excluding steroid dienone is 3. The van der Waals surface area contributed by atoms with Crippen molar-refractivity contribution in [3.63, 3.8) is 0 Å². The number of pyridine rings is 1. The molecule has 2 aromatic heterocycles. The van der Waals surface area contributed by atoms with Gasteiger partial charge in [-0.1, -0.05) is 43.7 Å². The Labute approximate surface area is 225 Å². The molecule has 7 heteroatoms. The maximum absolute atomic E-state index is 13.0. The summed E-state index contributed by atoms with van der Waals surface area (Å²) >= 11 is 0. The molecule has 0 spiro atoms. The molecule has 198 valence electrons. The first-order valence-electron chi connectivity index (χ1n) is 14.0. The zero-order chi connectivity index (χ0) is 26.1. The lowest BCUT2D eigenvalue weighted by atomic mass is 9.47. The second-order valence-electron chi connectivity index (χ2n) is 12.4. The number of para-hydroxylation sites is 2. The molecule has 7 rings (SSSR count). The van der Waals surface area contributed by atoms with Crippen molar-refractivity contribution in [2.75, 3.05) is 0 Å². The van der Waals surface area contributed by atoms with E-state index in [9.17, 15) is 8.42 Å². The van der Waals surface area contributed by atoms with Crippen LogP contribution in [0.15, 0.2) is 77.7 Å². The van der Waals surface area contributed by atoms with Gasteiger partial charge in [0.1, 0.15) is 11.2 Å². The van der Waals surface area contributed by atoms with Gasteiger partial charge in [0.25, 0.3) is 0 Å². The molecule has 2 saturated carbocycles. The molecule has 38 heavy (non-hydrogen) atoms. The lowest BCUT2D eigenvalue weighted by Gasteiger charge is -2.58. The van der Waals surface area contributed by atoms with E-state index in [1.54, 1.807) is 18.3 Å². The fraction of sp³-hybridized carbons (Fsp3) is 0.484. The molecule has 3 aromatic rings. The molecule has 1 N–H and O–H groups in total. The zero-order valence-corrected chi connectivity index (χ0v) is 23.0. The molecule has 0 unspecified atom stereocenters. The SMILES string of the molecule is C[C@]12CC[C@H](NS(=O)(=O)c3cccnc3)CC1=CC[C@@H]1[C@@H]2CC[C@]2(C)C(n3cnc4ccccc43)=CC[C@@H]12. The van der Waals surface area contributed by atoms with Crippen LogP contribution in [0.1, 0.15) is 58.8 Å². The molecule has 2 heterocycles. The first-order chi connectivity index (χ1) is 18.3. The number of hydrogen-bond acceptors (Lipinski definition) is 4. The van der Waals surface area contributed by atoms with Crippen LogP contribution in [0.3, 0.4) is 0 Å². The second-order valence-corrected chi connectivity index (χ2v) is 14.1. The topological polar surface area (TPSA) is 76.9 Å². The normalized spacial score (nSPS) is 34.7. The predicted molar refractivity (Wildman–Crippen MR) is 149 cm³/mol. The summed E-state index contributed by atoms with van der Waals surface area (Å²) in [4.78, 5) is 8.93. The van der Waals surface area contributed by atoms with Crippen LogP contribution in [-0.2, 0) is 10.0 Å². The van der Waals surface area contributed by atoms with E-state index in [1.807, 2.05) is 6.33 Å². The monoisotopic (exact) mass is 528 g/mol. The van der Waals surface area contributed by atoms with Crippen LogP contribution >= 0.6 is 0 Å². The lowest BCUT2D eigenvalue weighted by Crippen LogP contribution is -2.51. The highest BCUT2D eigenvalue weighted by molar-refractivity contribution is 7.89. The van der Waals surface area contributed by atoms with Gasteiger partial charge in [-0.25, -0.2) is 18.1 Å². The average molecular weight is 529 g/mol. The molecule has 0 bridgehead atoms. The third-order valence-corrected chi connectivity index (χ3v) is 12.1. The molecule has 6 nitrogen and oxygen atoms in total. The van der Waals surface area contributed by atoms with Gasteiger partial charge in [0.05, 0.1) is 11.0 Å². The second kappa shape index (κ2) is 8.62. The van der Waals surface area contributed by atoms with Crippen molar-refractivity contribution in [3.05, 3.63) is 72.8 Å². The van der Waals surface area contributed by atoms with E-state index in [4.69, 9.17) is 4.98 Å². The Morgan fingerprint density at radius 2 is 1.82 bits per heavy atom. The summed E-state index contributed by atoms with van der Waals surface area (Å²) < 4.78 is 31.2. The van der Waals surface area contributed by atoms with Gasteiger partial charge in [0.2, 0.25) is 10.0 Å². The van der Waals surface area contributed by atoms with E-state index in [1.165, 1.54) is 35.8 Å². The van der Waals surface area contributed by atoms with Crippen LogP contribution in [0.25, 0.3) is 16.7 Å². The van der Waals surface area contributed by atoms with Gasteiger partial charge >= 0.3 is 0 Å². The van der Waals surface area contributed by atoms with Gasteiger partial charge in [-0.05, 0) is 92.4 Å². The van der Waals surface area contributed by atoms with Crippen LogP contribution in [0.5, 0.6) is 0 Å². The Balaban J connectivity index is 1.12. The minimum Gasteiger partial charge on any atom is -0.302 e. The third kappa shape index (κ3) is 3.58. The van der Waals surface area contributed by atoms with Crippen LogP contribution < -0.4 is 4.72 Å². The number of hydrogen-bond donors (Lipinski definition) is 1. The number of nitrogens with zero attached hydrogens (tertiary/aromatic N) is 3. The van der Waals surface area contributed by atoms with Crippen LogP contribution in [0.2, 0.25) is 0 Å². The van der Waals surface area contributed by atoms with E-state index in [0.29, 0.717) is 17.8 Å². The molecule has 0 amide bonds. The Morgan fingerprint density at radius 1 is 0.974 bits per heavy atom. The number of benzene rings is 1. The summed E-state index contributed by atoms with van der Waals surface area (Å²) in [6.45, 7) is 4.96. The van der Waals surface area contributed by atoms with Gasteiger partial charge in [-0.2, -0.15) is 0 Å². The van der Waals surface area contributed by atoms with E-state index < -0.39 is 10.0 Å². The molecule has 0 radical (unpaired) electrons. The van der Waals surface area contributed by atoms with Crippen molar-refractivity contribution in [2.24, 2.45) is 28.6 Å². The third-order valence-electron chi connectivity index (χ3n) is 10.6. The molecule has 1 aromatic carbocycles. The highest BCUT2D eigenvalue weighted by Gasteiger charge is 2.57. The first kappa shape index (κ1) is 24.3. The molecule has 4 aliphatic rings. The van der Waals surface area contributed by atoms with Crippen molar-refractivity contribution < 1.29 is 8.42 Å². The maximum Gasteiger partial charge on any atom is 0.242 e. The Hall–Kier alpha value is -2.77. The average Bonchev–Trinajstić information content (AvgIpc) is 3.49. The summed E-state index contributed by atoms with van der Waals surface area (Å²) in [5, 5.41) is 0. The molecular formula is C31H36N4O2S. The summed E-state index contributed by atoms with van der Waals surface area (Å²) in [6, 6.07) is 11.7. The number of sulfonamides is 1. The quantitative estimate of drug-likeness (QED) is 0.410. The fourth-order valence-corrected chi connectivity index (χ4v) is 9.86. The van der Waals surface area contributed by atoms with Crippen molar-refractivity contribution in [1.29, 1.82) is 0 Å². The van der Waals surface area contributed by atoms with Crippen LogP contribution in [0, 0.1) is 28.6 Å². The van der Waals surface area contributed by atoms with Gasteiger partial charge in [0, 0.05) is 29.5 Å². The van der Waals surface area contributed by atoms with E-state index in [0.717, 1.165) is 37.6 Å². The van der Waals surface area contributed by atoms with Gasteiger partial charge in [-0.3, -0.25) is 4.98 Å². The zero-order valence-electron chi connectivity index (χ0n) is 22.2. The maximum atomic E-state index is 13.0. The van der Waals surface area contributed by atoms with Crippen molar-refractivity contribution in [3.8, 4) is 0 Å². The van der Waals surface area contributed by atoms with E-state index in [2.05, 4.69) is 64.5 Å². The highest BCUT2D eigenvalue weighted by Crippen LogP contribution is 2.65. The standard InChI is InChI=1S/C31H36N4O2S/c1-30-15-13-22(34-38(36,37)23-6-5-17-32-19-23)18-21(30)9-10-24-25-11-12-29(31(25,2)16-14-26(24)30)35-20-33-27-7-3-4-8-28(27)35/h3-9,12,17,19-20,22,24-26,34H,10-11,13-16,18H2,1-2H3/t22-,24-,25-,26-,30-,31-/m0/s1. The molecule has 2 fully saturated rings. The molecule has 0 saturated heterocycles. The fourth-order valence-electron chi connectivity index (χ4n) is 8.62. The molecule has 0 aliphatic heterocycles. The van der Waals surface area contributed by atoms with Crippen molar-refractivity contribution in [1.82, 2.24) is 19.3 Å².